The van der Waals surface area contributed by atoms with Crippen LogP contribution in [-0.4, -0.2) is 21.8 Å². The average Bonchev–Trinajstić information content (AvgIpc) is 3.47. The summed E-state index contributed by atoms with van der Waals surface area (Å²) >= 11 is 0. The Morgan fingerprint density at radius 2 is 1.91 bits per heavy atom. The number of hydrogen-bond donors (Lipinski definition) is 1. The molecule has 1 heterocycles. The summed E-state index contributed by atoms with van der Waals surface area (Å²) in [6, 6.07) is 15.1. The highest BCUT2D eigenvalue weighted by atomic mass is 19.4. The molecule has 0 unspecified atom stereocenters. The van der Waals surface area contributed by atoms with E-state index in [0.717, 1.165) is 30.5 Å². The van der Waals surface area contributed by atoms with Gasteiger partial charge in [-0.1, -0.05) is 48.5 Å². The molecular formula is C24H24F3N3O2. The van der Waals surface area contributed by atoms with E-state index in [-0.39, 0.29) is 36.8 Å². The number of aromatic nitrogens is 1. The predicted molar refractivity (Wildman–Crippen MR) is 113 cm³/mol. The van der Waals surface area contributed by atoms with Gasteiger partial charge >= 0.3 is 6.18 Å². The first kappa shape index (κ1) is 22.1. The third kappa shape index (κ3) is 5.56. The largest absolute Gasteiger partial charge is 0.447 e. The maximum absolute atomic E-state index is 13.2. The molecule has 0 aliphatic heterocycles. The van der Waals surface area contributed by atoms with Crippen LogP contribution in [0.1, 0.15) is 58.9 Å². The number of benzene rings is 2. The number of alkyl halides is 3. The summed E-state index contributed by atoms with van der Waals surface area (Å²) in [4.78, 5) is 18.5. The molecule has 5 nitrogen and oxygen atoms in total. The Labute approximate surface area is 184 Å². The molecule has 4 rings (SSSR count). The third-order valence-electron chi connectivity index (χ3n) is 5.50. The molecule has 8 heteroatoms. The summed E-state index contributed by atoms with van der Waals surface area (Å²) < 4.78 is 45.0. The first-order chi connectivity index (χ1) is 15.3. The number of carbonyl (C=O) groups is 1. The maximum atomic E-state index is 13.2. The third-order valence-corrected chi connectivity index (χ3v) is 5.50. The van der Waals surface area contributed by atoms with E-state index in [9.17, 15) is 18.0 Å². The molecule has 0 bridgehead atoms. The Morgan fingerprint density at radius 3 is 2.59 bits per heavy atom. The highest BCUT2D eigenvalue weighted by molar-refractivity contribution is 5.92. The quantitative estimate of drug-likeness (QED) is 0.510. The van der Waals surface area contributed by atoms with Crippen molar-refractivity contribution in [1.82, 2.24) is 15.2 Å². The van der Waals surface area contributed by atoms with E-state index in [0.29, 0.717) is 11.5 Å². The van der Waals surface area contributed by atoms with Gasteiger partial charge < -0.3 is 9.73 Å². The second kappa shape index (κ2) is 9.16. The van der Waals surface area contributed by atoms with Gasteiger partial charge in [-0.3, -0.25) is 9.69 Å². The highest BCUT2D eigenvalue weighted by Gasteiger charge is 2.31. The van der Waals surface area contributed by atoms with Crippen molar-refractivity contribution in [2.45, 2.75) is 51.1 Å². The molecule has 1 amide bonds. The van der Waals surface area contributed by atoms with Gasteiger partial charge in [-0.05, 0) is 37.0 Å². The number of oxazole rings is 1. The lowest BCUT2D eigenvalue weighted by molar-refractivity contribution is -0.137. The van der Waals surface area contributed by atoms with Crippen LogP contribution in [0.4, 0.5) is 13.2 Å². The minimum absolute atomic E-state index is 0.124. The summed E-state index contributed by atoms with van der Waals surface area (Å²) in [5, 5.41) is 2.86. The molecule has 168 valence electrons. The number of hydrogen-bond acceptors (Lipinski definition) is 4. The number of amides is 1. The van der Waals surface area contributed by atoms with E-state index in [2.05, 4.69) is 10.3 Å². The Kier molecular flexibility index (Phi) is 6.32. The lowest BCUT2D eigenvalue weighted by atomic mass is 10.0. The molecular weight excluding hydrogens is 419 g/mol. The SMILES string of the molecule is C[C@H](c1ccccc1)N(Cc1cccc(C(F)(F)F)c1)Cc1nc(C(=O)NC2CC2)co1. The van der Waals surface area contributed by atoms with E-state index in [1.54, 1.807) is 6.07 Å². The zero-order chi connectivity index (χ0) is 22.7. The van der Waals surface area contributed by atoms with Gasteiger partial charge in [0.25, 0.3) is 5.91 Å². The van der Waals surface area contributed by atoms with E-state index < -0.39 is 11.7 Å². The van der Waals surface area contributed by atoms with Gasteiger partial charge in [0.2, 0.25) is 5.89 Å². The van der Waals surface area contributed by atoms with Crippen molar-refractivity contribution in [1.29, 1.82) is 0 Å². The highest BCUT2D eigenvalue weighted by Crippen LogP contribution is 2.31. The van der Waals surface area contributed by atoms with Crippen LogP contribution >= 0.6 is 0 Å². The van der Waals surface area contributed by atoms with Crippen molar-refractivity contribution in [3.05, 3.63) is 89.1 Å². The van der Waals surface area contributed by atoms with Crippen molar-refractivity contribution in [3.63, 3.8) is 0 Å². The maximum Gasteiger partial charge on any atom is 0.416 e. The fourth-order valence-corrected chi connectivity index (χ4v) is 3.50. The number of rotatable bonds is 8. The van der Waals surface area contributed by atoms with E-state index in [1.807, 2.05) is 42.2 Å². The molecule has 1 aliphatic rings. The van der Waals surface area contributed by atoms with Crippen LogP contribution in [0.15, 0.2) is 65.3 Å². The molecule has 1 fully saturated rings. The van der Waals surface area contributed by atoms with Gasteiger partial charge in [-0.2, -0.15) is 13.2 Å². The summed E-state index contributed by atoms with van der Waals surface area (Å²) in [7, 11) is 0. The number of carbonyl (C=O) groups excluding carboxylic acids is 1. The topological polar surface area (TPSA) is 58.4 Å². The van der Waals surface area contributed by atoms with Crippen LogP contribution in [-0.2, 0) is 19.3 Å². The number of nitrogens with one attached hydrogen (secondary N) is 1. The first-order valence-corrected chi connectivity index (χ1v) is 10.5. The smallest absolute Gasteiger partial charge is 0.416 e. The minimum atomic E-state index is -4.40. The summed E-state index contributed by atoms with van der Waals surface area (Å²) in [5.74, 6) is 0.0590. The Hall–Kier alpha value is -3.13. The van der Waals surface area contributed by atoms with Gasteiger partial charge in [0.1, 0.15) is 6.26 Å². The monoisotopic (exact) mass is 443 g/mol. The zero-order valence-corrected chi connectivity index (χ0v) is 17.6. The molecule has 1 atom stereocenters. The van der Waals surface area contributed by atoms with Crippen molar-refractivity contribution >= 4 is 5.91 Å². The second-order valence-corrected chi connectivity index (χ2v) is 8.06. The molecule has 1 aliphatic carbocycles. The van der Waals surface area contributed by atoms with Crippen LogP contribution in [0.3, 0.4) is 0 Å². The average molecular weight is 443 g/mol. The fraction of sp³-hybridized carbons (Fsp3) is 0.333. The Morgan fingerprint density at radius 1 is 1.16 bits per heavy atom. The van der Waals surface area contributed by atoms with Crippen LogP contribution < -0.4 is 5.32 Å². The first-order valence-electron chi connectivity index (χ1n) is 10.5. The van der Waals surface area contributed by atoms with Gasteiger partial charge in [-0.15, -0.1) is 0 Å². The van der Waals surface area contributed by atoms with E-state index in [1.165, 1.54) is 12.3 Å². The number of halogens is 3. The van der Waals surface area contributed by atoms with E-state index in [4.69, 9.17) is 4.42 Å². The molecule has 2 aromatic carbocycles. The van der Waals surface area contributed by atoms with Crippen LogP contribution in [0.2, 0.25) is 0 Å². The van der Waals surface area contributed by atoms with Gasteiger partial charge in [0.15, 0.2) is 5.69 Å². The molecule has 32 heavy (non-hydrogen) atoms. The van der Waals surface area contributed by atoms with E-state index >= 15 is 0 Å². The minimum Gasteiger partial charge on any atom is -0.447 e. The predicted octanol–water partition coefficient (Wildman–Crippen LogP) is 5.35. The van der Waals surface area contributed by atoms with Crippen molar-refractivity contribution in [2.75, 3.05) is 0 Å². The summed E-state index contributed by atoms with van der Waals surface area (Å²) in [6.45, 7) is 2.47. The molecule has 1 aromatic heterocycles. The van der Waals surface area contributed by atoms with Crippen LogP contribution in [0.25, 0.3) is 0 Å². The van der Waals surface area contributed by atoms with Gasteiger partial charge in [-0.25, -0.2) is 4.98 Å². The standard InChI is InChI=1S/C24H24F3N3O2/c1-16(18-7-3-2-4-8-18)30(13-17-6-5-9-19(12-17)24(25,26)27)14-22-29-21(15-32-22)23(31)28-20-10-11-20/h2-9,12,15-16,20H,10-11,13-14H2,1H3,(H,28,31)/t16-/m1/s1. The second-order valence-electron chi connectivity index (χ2n) is 8.06. The Bertz CT molecular complexity index is 1060. The molecule has 3 aromatic rings. The zero-order valence-electron chi connectivity index (χ0n) is 17.6. The van der Waals surface area contributed by atoms with Gasteiger partial charge in [0.05, 0.1) is 12.1 Å². The fourth-order valence-electron chi connectivity index (χ4n) is 3.50. The molecule has 1 N–H and O–H groups in total. The lowest BCUT2D eigenvalue weighted by Gasteiger charge is -2.28. The van der Waals surface area contributed by atoms with Crippen molar-refractivity contribution < 1.29 is 22.4 Å². The summed E-state index contributed by atoms with van der Waals surface area (Å²) in [5.41, 5.74) is 1.06. The Balaban J connectivity index is 1.55. The summed E-state index contributed by atoms with van der Waals surface area (Å²) in [6.07, 6.45) is -1.15. The van der Waals surface area contributed by atoms with Crippen LogP contribution in [0.5, 0.6) is 0 Å². The normalized spacial score (nSPS) is 15.0. The lowest BCUT2D eigenvalue weighted by Crippen LogP contribution is -2.27. The van der Waals surface area contributed by atoms with Crippen molar-refractivity contribution in [2.24, 2.45) is 0 Å². The molecule has 0 radical (unpaired) electrons. The molecule has 0 spiro atoms. The van der Waals surface area contributed by atoms with Gasteiger partial charge in [0, 0.05) is 18.6 Å². The molecule has 1 saturated carbocycles. The molecule has 0 saturated heterocycles. The number of nitrogens with zero attached hydrogens (tertiary/aromatic N) is 2. The van der Waals surface area contributed by atoms with Crippen molar-refractivity contribution in [3.8, 4) is 0 Å². The van der Waals surface area contributed by atoms with Crippen LogP contribution in [0, 0.1) is 0 Å².